The Hall–Kier alpha value is -3.76. The van der Waals surface area contributed by atoms with Crippen LogP contribution in [0.1, 0.15) is 17.5 Å². The summed E-state index contributed by atoms with van der Waals surface area (Å²) in [5, 5.41) is 0.594. The van der Waals surface area contributed by atoms with Crippen LogP contribution < -0.4 is 10.2 Å². The second kappa shape index (κ2) is 9.24. The third-order valence-corrected chi connectivity index (χ3v) is 6.36. The maximum atomic E-state index is 13.5. The molecule has 0 saturated carbocycles. The summed E-state index contributed by atoms with van der Waals surface area (Å²) in [4.78, 5) is 44.7. The molecule has 0 radical (unpaired) electrons. The number of carbonyl (C=O) groups excluding carboxylic acids is 2. The number of aromatic nitrogens is 1. The smallest absolute Gasteiger partial charge is 0.415 e. The zero-order valence-corrected chi connectivity index (χ0v) is 19.1. The van der Waals surface area contributed by atoms with Gasteiger partial charge in [-0.15, -0.1) is 11.3 Å². The highest BCUT2D eigenvalue weighted by Crippen LogP contribution is 2.33. The van der Waals surface area contributed by atoms with E-state index >= 15 is 0 Å². The van der Waals surface area contributed by atoms with Crippen molar-refractivity contribution in [2.45, 2.75) is 6.92 Å². The minimum absolute atomic E-state index is 0.0465. The Bertz CT molecular complexity index is 1420. The van der Waals surface area contributed by atoms with Gasteiger partial charge in [0.15, 0.2) is 0 Å². The lowest BCUT2D eigenvalue weighted by Gasteiger charge is -2.25. The number of thiazole rings is 1. The summed E-state index contributed by atoms with van der Waals surface area (Å²) < 4.78 is 22.6. The molecule has 0 unspecified atom stereocenters. The largest absolute Gasteiger partial charge is 0.460 e. The van der Waals surface area contributed by atoms with Crippen molar-refractivity contribution < 1.29 is 28.2 Å². The second-order valence-corrected chi connectivity index (χ2v) is 8.50. The number of benzene rings is 2. The molecule has 2 aromatic heterocycles. The first-order chi connectivity index (χ1) is 16.5. The first-order valence-corrected chi connectivity index (χ1v) is 11.5. The van der Waals surface area contributed by atoms with Crippen LogP contribution in [0.2, 0.25) is 0 Å². The normalized spacial score (nSPS) is 13.9. The molecule has 2 aromatic carbocycles. The van der Waals surface area contributed by atoms with Crippen molar-refractivity contribution in [2.24, 2.45) is 0 Å². The van der Waals surface area contributed by atoms with Crippen LogP contribution in [0.15, 0.2) is 51.7 Å². The Morgan fingerprint density at radius 1 is 1.15 bits per heavy atom. The Kier molecular flexibility index (Phi) is 5.99. The van der Waals surface area contributed by atoms with Crippen LogP contribution in [0, 0.1) is 0 Å². The average Bonchev–Trinajstić information content (AvgIpc) is 3.28. The number of hydrogen-bond donors (Lipinski definition) is 0. The van der Waals surface area contributed by atoms with Crippen molar-refractivity contribution in [3.8, 4) is 16.3 Å². The molecular formula is C24H20N2O7S. The Balaban J connectivity index is 1.59. The van der Waals surface area contributed by atoms with Crippen LogP contribution in [0.3, 0.4) is 0 Å². The summed E-state index contributed by atoms with van der Waals surface area (Å²) in [5.74, 6) is -0.823. The number of ether oxygens (including phenoxy) is 3. The van der Waals surface area contributed by atoms with E-state index in [1.54, 1.807) is 6.92 Å². The van der Waals surface area contributed by atoms with Gasteiger partial charge in [0.1, 0.15) is 21.9 Å². The van der Waals surface area contributed by atoms with Gasteiger partial charge in [-0.25, -0.2) is 14.6 Å². The predicted molar refractivity (Wildman–Crippen MR) is 125 cm³/mol. The van der Waals surface area contributed by atoms with E-state index in [0.29, 0.717) is 36.8 Å². The number of para-hydroxylation sites is 1. The van der Waals surface area contributed by atoms with Crippen LogP contribution in [0.25, 0.3) is 31.8 Å². The number of hydrogen-bond acceptors (Lipinski definition) is 9. The number of esters is 1. The summed E-state index contributed by atoms with van der Waals surface area (Å²) in [6, 6.07) is 11.9. The minimum Gasteiger partial charge on any atom is -0.460 e. The van der Waals surface area contributed by atoms with Crippen molar-refractivity contribution in [1.29, 1.82) is 0 Å². The summed E-state index contributed by atoms with van der Waals surface area (Å²) in [6.07, 6.45) is -0.526. The fourth-order valence-electron chi connectivity index (χ4n) is 3.66. The minimum atomic E-state index is -0.772. The van der Waals surface area contributed by atoms with Gasteiger partial charge in [-0.2, -0.15) is 0 Å². The highest BCUT2D eigenvalue weighted by molar-refractivity contribution is 7.21. The summed E-state index contributed by atoms with van der Waals surface area (Å²) in [7, 11) is 0. The zero-order chi connectivity index (χ0) is 23.7. The summed E-state index contributed by atoms with van der Waals surface area (Å²) in [5.41, 5.74) is 0.437. The van der Waals surface area contributed by atoms with Crippen LogP contribution in [-0.4, -0.2) is 54.9 Å². The van der Waals surface area contributed by atoms with Gasteiger partial charge >= 0.3 is 12.1 Å². The molecule has 0 aliphatic carbocycles. The van der Waals surface area contributed by atoms with Crippen LogP contribution >= 0.6 is 11.3 Å². The van der Waals surface area contributed by atoms with E-state index in [9.17, 15) is 14.4 Å². The Morgan fingerprint density at radius 3 is 2.71 bits per heavy atom. The van der Waals surface area contributed by atoms with Crippen molar-refractivity contribution >= 4 is 44.6 Å². The molecule has 0 bridgehead atoms. The van der Waals surface area contributed by atoms with Crippen LogP contribution in [0.5, 0.6) is 5.75 Å². The molecule has 1 aliphatic rings. The molecule has 0 atom stereocenters. The predicted octanol–water partition coefficient (Wildman–Crippen LogP) is 4.08. The van der Waals surface area contributed by atoms with Gasteiger partial charge in [0.25, 0.3) is 0 Å². The number of fused-ring (bicyclic) bond motifs is 2. The third kappa shape index (κ3) is 4.13. The van der Waals surface area contributed by atoms with E-state index in [-0.39, 0.29) is 34.6 Å². The number of carbonyl (C=O) groups is 2. The Labute approximate surface area is 197 Å². The molecule has 174 valence electrons. The van der Waals surface area contributed by atoms with Crippen LogP contribution in [0.4, 0.5) is 4.79 Å². The topological polar surface area (TPSA) is 108 Å². The molecule has 1 amide bonds. The van der Waals surface area contributed by atoms with Crippen molar-refractivity contribution in [3.63, 3.8) is 0 Å². The van der Waals surface area contributed by atoms with Crippen molar-refractivity contribution in [1.82, 2.24) is 9.88 Å². The summed E-state index contributed by atoms with van der Waals surface area (Å²) in [6.45, 7) is 3.52. The van der Waals surface area contributed by atoms with E-state index in [0.717, 1.165) is 4.70 Å². The van der Waals surface area contributed by atoms with Crippen molar-refractivity contribution in [3.05, 3.63) is 58.4 Å². The van der Waals surface area contributed by atoms with Gasteiger partial charge in [-0.1, -0.05) is 12.1 Å². The monoisotopic (exact) mass is 480 g/mol. The third-order valence-electron chi connectivity index (χ3n) is 5.31. The highest BCUT2D eigenvalue weighted by atomic mass is 32.1. The fourth-order valence-corrected chi connectivity index (χ4v) is 4.67. The molecule has 4 aromatic rings. The maximum Gasteiger partial charge on any atom is 0.415 e. The molecule has 0 N–H and O–H groups in total. The van der Waals surface area contributed by atoms with E-state index in [4.69, 9.17) is 18.6 Å². The highest BCUT2D eigenvalue weighted by Gasteiger charge is 2.26. The molecule has 1 fully saturated rings. The number of rotatable bonds is 4. The second-order valence-electron chi connectivity index (χ2n) is 7.47. The maximum absolute atomic E-state index is 13.5. The first-order valence-electron chi connectivity index (χ1n) is 10.7. The lowest BCUT2D eigenvalue weighted by molar-refractivity contribution is 0.0416. The number of amides is 1. The first kappa shape index (κ1) is 22.1. The van der Waals surface area contributed by atoms with Crippen LogP contribution in [-0.2, 0) is 9.47 Å². The van der Waals surface area contributed by atoms with Crippen molar-refractivity contribution in [2.75, 3.05) is 32.9 Å². The van der Waals surface area contributed by atoms with Gasteiger partial charge in [-0.05, 0) is 31.2 Å². The molecule has 9 nitrogen and oxygen atoms in total. The molecule has 34 heavy (non-hydrogen) atoms. The average molecular weight is 480 g/mol. The lowest BCUT2D eigenvalue weighted by Crippen LogP contribution is -2.42. The number of morpholine rings is 1. The lowest BCUT2D eigenvalue weighted by atomic mass is 10.1. The molecule has 10 heteroatoms. The standard InChI is InChI=1S/C24H20N2O7S/c1-2-31-23(28)21-19(22-25-16-5-3-4-6-18(16)34-22)20(27)15-8-7-14(13-17(15)33-21)32-24(29)26-9-11-30-12-10-26/h3-8,13H,2,9-12H2,1H3. The molecule has 1 aliphatic heterocycles. The van der Waals surface area contributed by atoms with Gasteiger partial charge in [0.2, 0.25) is 11.2 Å². The van der Waals surface area contributed by atoms with E-state index in [1.165, 1.54) is 34.4 Å². The van der Waals surface area contributed by atoms with Gasteiger partial charge in [0.05, 0.1) is 35.4 Å². The van der Waals surface area contributed by atoms with Gasteiger partial charge < -0.3 is 23.5 Å². The summed E-state index contributed by atoms with van der Waals surface area (Å²) >= 11 is 1.29. The molecule has 0 spiro atoms. The van der Waals surface area contributed by atoms with E-state index < -0.39 is 17.5 Å². The SMILES string of the molecule is CCOC(=O)c1oc2cc(OC(=O)N3CCOCC3)ccc2c(=O)c1-c1nc2ccccc2s1. The Morgan fingerprint density at radius 2 is 1.94 bits per heavy atom. The van der Waals surface area contributed by atoms with E-state index in [1.807, 2.05) is 24.3 Å². The fraction of sp³-hybridized carbons (Fsp3) is 0.250. The quantitative estimate of drug-likeness (QED) is 0.402. The molecule has 3 heterocycles. The number of nitrogens with zero attached hydrogens (tertiary/aromatic N) is 2. The van der Waals surface area contributed by atoms with Gasteiger partial charge in [0, 0.05) is 19.2 Å². The molecule has 1 saturated heterocycles. The zero-order valence-electron chi connectivity index (χ0n) is 18.2. The van der Waals surface area contributed by atoms with E-state index in [2.05, 4.69) is 4.98 Å². The van der Waals surface area contributed by atoms with Gasteiger partial charge in [-0.3, -0.25) is 4.79 Å². The molecule has 5 rings (SSSR count). The molecular weight excluding hydrogens is 460 g/mol.